The highest BCUT2D eigenvalue weighted by Gasteiger charge is 2.13. The largest absolute Gasteiger partial charge is 0.478 e. The zero-order valence-electron chi connectivity index (χ0n) is 7.98. The fraction of sp³-hybridized carbons (Fsp3) is 0.200. The molecule has 0 heterocycles. The minimum Gasteiger partial charge on any atom is -0.478 e. The molecule has 0 aliphatic heterocycles. The fourth-order valence-electron chi connectivity index (χ4n) is 1.23. The topological polar surface area (TPSA) is 74.6 Å². The third-order valence-electron chi connectivity index (χ3n) is 1.88. The summed E-state index contributed by atoms with van der Waals surface area (Å²) in [6, 6.07) is 3.02. The second kappa shape index (κ2) is 4.69. The summed E-state index contributed by atoms with van der Waals surface area (Å²) in [5, 5.41) is 17.3. The van der Waals surface area contributed by atoms with Crippen molar-refractivity contribution in [1.82, 2.24) is 0 Å². The number of aromatic carboxylic acids is 2. The lowest BCUT2D eigenvalue weighted by Gasteiger charge is -2.04. The summed E-state index contributed by atoms with van der Waals surface area (Å²) in [6.07, 6.45) is -3.31. The molecule has 1 aromatic rings. The van der Waals surface area contributed by atoms with Crippen molar-refractivity contribution in [3.05, 3.63) is 34.9 Å². The van der Waals surface area contributed by atoms with E-state index in [2.05, 4.69) is 0 Å². The van der Waals surface area contributed by atoms with Gasteiger partial charge in [-0.05, 0) is 23.8 Å². The van der Waals surface area contributed by atoms with Crippen LogP contribution in [0.1, 0.15) is 26.3 Å². The van der Waals surface area contributed by atoms with Crippen molar-refractivity contribution >= 4 is 11.9 Å². The number of alkyl halides is 2. The first-order valence-corrected chi connectivity index (χ1v) is 4.29. The lowest BCUT2D eigenvalue weighted by Crippen LogP contribution is -2.06. The van der Waals surface area contributed by atoms with E-state index in [1.807, 2.05) is 0 Å². The summed E-state index contributed by atoms with van der Waals surface area (Å²) in [6.45, 7) is 0. The molecular formula is C10H8F2O4. The van der Waals surface area contributed by atoms with Crippen LogP contribution in [0, 0.1) is 0 Å². The smallest absolute Gasteiger partial charge is 0.335 e. The molecule has 86 valence electrons. The first-order valence-electron chi connectivity index (χ1n) is 4.29. The van der Waals surface area contributed by atoms with Gasteiger partial charge < -0.3 is 10.2 Å². The van der Waals surface area contributed by atoms with Gasteiger partial charge in [-0.15, -0.1) is 0 Å². The summed E-state index contributed by atoms with van der Waals surface area (Å²) < 4.78 is 24.2. The van der Waals surface area contributed by atoms with Gasteiger partial charge in [-0.2, -0.15) is 0 Å². The SMILES string of the molecule is O=C(O)c1cc(CC(F)F)cc(C(=O)O)c1. The van der Waals surface area contributed by atoms with Gasteiger partial charge in [0.2, 0.25) is 6.43 Å². The predicted octanol–water partition coefficient (Wildman–Crippen LogP) is 1.89. The lowest BCUT2D eigenvalue weighted by atomic mass is 10.0. The van der Waals surface area contributed by atoms with Gasteiger partial charge in [0, 0.05) is 6.42 Å². The van der Waals surface area contributed by atoms with E-state index in [1.54, 1.807) is 0 Å². The van der Waals surface area contributed by atoms with Crippen LogP contribution in [0.2, 0.25) is 0 Å². The number of carbonyl (C=O) groups is 2. The fourth-order valence-corrected chi connectivity index (χ4v) is 1.23. The maximum Gasteiger partial charge on any atom is 0.335 e. The van der Waals surface area contributed by atoms with Crippen molar-refractivity contribution in [2.75, 3.05) is 0 Å². The van der Waals surface area contributed by atoms with Crippen LogP contribution in [0.5, 0.6) is 0 Å². The molecule has 1 rings (SSSR count). The van der Waals surface area contributed by atoms with Gasteiger partial charge in [-0.1, -0.05) is 0 Å². The predicted molar refractivity (Wildman–Crippen MR) is 50.1 cm³/mol. The Kier molecular flexibility index (Phi) is 3.55. The molecule has 2 N–H and O–H groups in total. The minimum atomic E-state index is -2.65. The summed E-state index contributed by atoms with van der Waals surface area (Å²) >= 11 is 0. The average Bonchev–Trinajstić information content (AvgIpc) is 2.15. The van der Waals surface area contributed by atoms with Gasteiger partial charge in [0.25, 0.3) is 0 Å². The number of rotatable bonds is 4. The number of hydrogen-bond donors (Lipinski definition) is 2. The van der Waals surface area contributed by atoms with E-state index >= 15 is 0 Å². The third-order valence-corrected chi connectivity index (χ3v) is 1.88. The van der Waals surface area contributed by atoms with Crippen LogP contribution in [0.3, 0.4) is 0 Å². The highest BCUT2D eigenvalue weighted by molar-refractivity contribution is 5.94. The van der Waals surface area contributed by atoms with Crippen molar-refractivity contribution < 1.29 is 28.6 Å². The molecule has 6 heteroatoms. The van der Waals surface area contributed by atoms with E-state index < -0.39 is 24.8 Å². The Morgan fingerprint density at radius 3 is 1.81 bits per heavy atom. The van der Waals surface area contributed by atoms with Crippen LogP contribution >= 0.6 is 0 Å². The van der Waals surface area contributed by atoms with Gasteiger partial charge in [-0.3, -0.25) is 0 Å². The lowest BCUT2D eigenvalue weighted by molar-refractivity contribution is 0.0696. The van der Waals surface area contributed by atoms with Crippen LogP contribution in [-0.2, 0) is 6.42 Å². The molecule has 0 spiro atoms. The molecule has 0 amide bonds. The Balaban J connectivity index is 3.18. The highest BCUT2D eigenvalue weighted by Crippen LogP contribution is 2.14. The Morgan fingerprint density at radius 1 is 1.06 bits per heavy atom. The maximum absolute atomic E-state index is 12.1. The third kappa shape index (κ3) is 3.01. The molecule has 0 fully saturated rings. The zero-order chi connectivity index (χ0) is 12.3. The van der Waals surface area contributed by atoms with Crippen LogP contribution in [-0.4, -0.2) is 28.6 Å². The van der Waals surface area contributed by atoms with Gasteiger partial charge in [-0.25, -0.2) is 18.4 Å². The zero-order valence-corrected chi connectivity index (χ0v) is 7.98. The normalized spacial score (nSPS) is 10.4. The van der Waals surface area contributed by atoms with Crippen molar-refractivity contribution in [1.29, 1.82) is 0 Å². The van der Waals surface area contributed by atoms with E-state index in [1.165, 1.54) is 0 Å². The van der Waals surface area contributed by atoms with Crippen molar-refractivity contribution in [3.8, 4) is 0 Å². The Morgan fingerprint density at radius 2 is 1.50 bits per heavy atom. The van der Waals surface area contributed by atoms with Gasteiger partial charge >= 0.3 is 11.9 Å². The molecule has 0 saturated carbocycles. The Bertz CT molecular complexity index is 397. The van der Waals surface area contributed by atoms with Crippen LogP contribution < -0.4 is 0 Å². The molecule has 0 aliphatic rings. The van der Waals surface area contributed by atoms with E-state index in [4.69, 9.17) is 10.2 Å². The molecule has 0 aromatic heterocycles. The first kappa shape index (κ1) is 12.1. The number of carboxylic acid groups (broad SMARTS) is 2. The summed E-state index contributed by atoms with van der Waals surface area (Å²) in [4.78, 5) is 21.3. The van der Waals surface area contributed by atoms with E-state index in [-0.39, 0.29) is 16.7 Å². The molecule has 0 aliphatic carbocycles. The van der Waals surface area contributed by atoms with Crippen molar-refractivity contribution in [2.45, 2.75) is 12.8 Å². The number of carboxylic acids is 2. The molecule has 16 heavy (non-hydrogen) atoms. The number of hydrogen-bond acceptors (Lipinski definition) is 2. The molecule has 0 saturated heterocycles. The quantitative estimate of drug-likeness (QED) is 0.828. The van der Waals surface area contributed by atoms with Gasteiger partial charge in [0.05, 0.1) is 11.1 Å². The average molecular weight is 230 g/mol. The van der Waals surface area contributed by atoms with Crippen LogP contribution in [0.4, 0.5) is 8.78 Å². The first-order chi connectivity index (χ1) is 7.40. The molecule has 0 bridgehead atoms. The Hall–Kier alpha value is -1.98. The highest BCUT2D eigenvalue weighted by atomic mass is 19.3. The van der Waals surface area contributed by atoms with E-state index in [9.17, 15) is 18.4 Å². The Labute approximate surface area is 89.1 Å². The van der Waals surface area contributed by atoms with Crippen molar-refractivity contribution in [3.63, 3.8) is 0 Å². The van der Waals surface area contributed by atoms with Crippen LogP contribution in [0.15, 0.2) is 18.2 Å². The van der Waals surface area contributed by atoms with Crippen molar-refractivity contribution in [2.24, 2.45) is 0 Å². The summed E-state index contributed by atoms with van der Waals surface area (Å²) in [7, 11) is 0. The number of halogens is 2. The summed E-state index contributed by atoms with van der Waals surface area (Å²) in [5.41, 5.74) is -0.626. The maximum atomic E-state index is 12.1. The second-order valence-electron chi connectivity index (χ2n) is 3.12. The molecular weight excluding hydrogens is 222 g/mol. The molecule has 0 atom stereocenters. The van der Waals surface area contributed by atoms with E-state index in [0.29, 0.717) is 0 Å². The summed E-state index contributed by atoms with van der Waals surface area (Å²) in [5.74, 6) is -2.70. The second-order valence-corrected chi connectivity index (χ2v) is 3.12. The molecule has 0 unspecified atom stereocenters. The molecule has 0 radical (unpaired) electrons. The van der Waals surface area contributed by atoms with Gasteiger partial charge in [0.15, 0.2) is 0 Å². The monoisotopic (exact) mass is 230 g/mol. The number of benzene rings is 1. The minimum absolute atomic E-state index is 0.00713. The standard InChI is InChI=1S/C10H8F2O4/c11-8(12)3-5-1-6(9(13)14)4-7(2-5)10(15)16/h1-2,4,8H,3H2,(H,13,14)(H,15,16). The van der Waals surface area contributed by atoms with Crippen LogP contribution in [0.25, 0.3) is 0 Å². The molecule has 4 nitrogen and oxygen atoms in total. The van der Waals surface area contributed by atoms with E-state index in [0.717, 1.165) is 18.2 Å². The molecule has 1 aromatic carbocycles. The van der Waals surface area contributed by atoms with Gasteiger partial charge in [0.1, 0.15) is 0 Å².